The molecule has 7 aliphatic rings. The molecular weight excluding hydrogens is 478 g/mol. The average molecular weight is 520 g/mol. The Labute approximate surface area is 225 Å². The fourth-order valence-electron chi connectivity index (χ4n) is 10.6. The van der Waals surface area contributed by atoms with Crippen LogP contribution in [0.3, 0.4) is 0 Å². The summed E-state index contributed by atoms with van der Waals surface area (Å²) >= 11 is 0. The molecule has 3 N–H and O–H groups in total. The number of hydrogen-bond donors (Lipinski definition) is 3. The Morgan fingerprint density at radius 2 is 1.76 bits per heavy atom. The SMILES string of the molecule is CC1=CC2(C)C(C)OC3(O)C4=CC(O)(Cc5ccc(cc5)OC5C(C32)C1C1(C)CC(C)CC(C)C51)NC4=O. The van der Waals surface area contributed by atoms with Crippen LogP contribution in [-0.2, 0) is 16.0 Å². The van der Waals surface area contributed by atoms with Crippen molar-refractivity contribution in [3.63, 3.8) is 0 Å². The summed E-state index contributed by atoms with van der Waals surface area (Å²) in [5.41, 5.74) is 0.231. The second kappa shape index (κ2) is 7.52. The molecule has 0 spiro atoms. The second-order valence-corrected chi connectivity index (χ2v) is 14.1. The van der Waals surface area contributed by atoms with Crippen molar-refractivity contribution in [3.05, 3.63) is 53.1 Å². The number of aliphatic hydroxyl groups is 2. The standard InChI is InChI=1S/C32H41NO5/c1-16-11-17(2)25-26-23-24(30(25,6)12-16)18(3)13-29(5)19(4)38-32(36,27(23)29)22-15-31(35,33-28(22)34)14-20-7-9-21(37-26)10-8-20/h7-10,13,15-17,19,23-27,35-36H,11-12,14H2,1-6H3,(H,33,34). The van der Waals surface area contributed by atoms with E-state index in [0.29, 0.717) is 17.8 Å². The van der Waals surface area contributed by atoms with Gasteiger partial charge in [-0.2, -0.15) is 0 Å². The van der Waals surface area contributed by atoms with Crippen LogP contribution in [0, 0.1) is 46.3 Å². The Kier molecular flexibility index (Phi) is 4.92. The maximum absolute atomic E-state index is 13.5. The van der Waals surface area contributed by atoms with Crippen molar-refractivity contribution in [1.82, 2.24) is 5.32 Å². The molecule has 12 unspecified atom stereocenters. The van der Waals surface area contributed by atoms with Gasteiger partial charge in [-0.25, -0.2) is 0 Å². The third-order valence-corrected chi connectivity index (χ3v) is 11.5. The fourth-order valence-corrected chi connectivity index (χ4v) is 10.6. The molecule has 4 bridgehead atoms. The Hall–Kier alpha value is -2.15. The number of rotatable bonds is 0. The molecule has 1 saturated heterocycles. The van der Waals surface area contributed by atoms with Gasteiger partial charge in [-0.05, 0) is 73.6 Å². The van der Waals surface area contributed by atoms with E-state index in [1.807, 2.05) is 31.2 Å². The highest BCUT2D eigenvalue weighted by Crippen LogP contribution is 2.72. The van der Waals surface area contributed by atoms with E-state index in [1.165, 1.54) is 11.6 Å². The van der Waals surface area contributed by atoms with Gasteiger partial charge in [0.05, 0.1) is 11.7 Å². The molecule has 0 aromatic heterocycles. The van der Waals surface area contributed by atoms with E-state index in [-0.39, 0.29) is 41.5 Å². The number of fused-ring (bicyclic) bond motifs is 4. The molecule has 4 heterocycles. The lowest BCUT2D eigenvalue weighted by Gasteiger charge is -2.50. The zero-order valence-corrected chi connectivity index (χ0v) is 23.3. The van der Waals surface area contributed by atoms with Crippen LogP contribution in [0.25, 0.3) is 0 Å². The van der Waals surface area contributed by atoms with Gasteiger partial charge >= 0.3 is 0 Å². The molecule has 1 amide bonds. The zero-order valence-electron chi connectivity index (χ0n) is 23.3. The van der Waals surface area contributed by atoms with E-state index in [2.05, 4.69) is 46.0 Å². The van der Waals surface area contributed by atoms with Crippen molar-refractivity contribution >= 4 is 5.91 Å². The lowest BCUT2D eigenvalue weighted by Crippen LogP contribution is -2.54. The molecule has 38 heavy (non-hydrogen) atoms. The van der Waals surface area contributed by atoms with E-state index in [0.717, 1.165) is 24.2 Å². The minimum atomic E-state index is -1.84. The van der Waals surface area contributed by atoms with Gasteiger partial charge in [0.25, 0.3) is 5.91 Å². The largest absolute Gasteiger partial charge is 0.490 e. The van der Waals surface area contributed by atoms with Crippen LogP contribution in [-0.4, -0.2) is 39.8 Å². The van der Waals surface area contributed by atoms with Crippen LogP contribution in [0.4, 0.5) is 0 Å². The molecule has 1 aromatic rings. The molecule has 0 radical (unpaired) electrons. The third kappa shape index (κ3) is 3.03. The first-order chi connectivity index (χ1) is 17.8. The van der Waals surface area contributed by atoms with Gasteiger partial charge < -0.3 is 25.0 Å². The second-order valence-electron chi connectivity index (χ2n) is 14.1. The van der Waals surface area contributed by atoms with Crippen LogP contribution in [0.15, 0.2) is 47.6 Å². The van der Waals surface area contributed by atoms with Gasteiger partial charge in [0, 0.05) is 29.6 Å². The summed E-state index contributed by atoms with van der Waals surface area (Å²) < 4.78 is 13.5. The third-order valence-electron chi connectivity index (χ3n) is 11.5. The van der Waals surface area contributed by atoms with Gasteiger partial charge in [-0.15, -0.1) is 0 Å². The molecule has 12 atom stereocenters. The van der Waals surface area contributed by atoms with Crippen LogP contribution in [0.1, 0.15) is 59.9 Å². The number of hydrogen-bond acceptors (Lipinski definition) is 5. The predicted octanol–water partition coefficient (Wildman–Crippen LogP) is 4.36. The first kappa shape index (κ1) is 24.9. The first-order valence-corrected chi connectivity index (χ1v) is 14.4. The number of allylic oxidation sites excluding steroid dienone is 1. The first-order valence-electron chi connectivity index (χ1n) is 14.4. The molecule has 6 heteroatoms. The number of benzene rings is 1. The average Bonchev–Trinajstić information content (AvgIpc) is 3.32. The maximum Gasteiger partial charge on any atom is 0.254 e. The molecule has 3 fully saturated rings. The number of carbonyl (C=O) groups excluding carboxylic acids is 1. The van der Waals surface area contributed by atoms with Gasteiger partial charge in [-0.1, -0.05) is 51.5 Å². The number of amides is 1. The number of ether oxygens (including phenoxy) is 2. The lowest BCUT2D eigenvalue weighted by molar-refractivity contribution is -0.197. The zero-order chi connectivity index (χ0) is 27.0. The summed E-state index contributed by atoms with van der Waals surface area (Å²) in [6.45, 7) is 13.6. The topological polar surface area (TPSA) is 88.0 Å². The maximum atomic E-state index is 13.5. The predicted molar refractivity (Wildman–Crippen MR) is 143 cm³/mol. The molecule has 8 rings (SSSR count). The molecule has 2 saturated carbocycles. The van der Waals surface area contributed by atoms with Crippen LogP contribution >= 0.6 is 0 Å². The van der Waals surface area contributed by atoms with Gasteiger partial charge in [0.1, 0.15) is 11.9 Å². The van der Waals surface area contributed by atoms with Crippen molar-refractivity contribution in [1.29, 1.82) is 0 Å². The van der Waals surface area contributed by atoms with E-state index in [1.54, 1.807) is 0 Å². The summed E-state index contributed by atoms with van der Waals surface area (Å²) in [7, 11) is 0. The highest BCUT2D eigenvalue weighted by atomic mass is 16.6. The Bertz CT molecular complexity index is 1270. The molecule has 1 aromatic carbocycles. The number of carbonyl (C=O) groups is 1. The molecular formula is C32H41NO5. The van der Waals surface area contributed by atoms with Gasteiger partial charge in [-0.3, -0.25) is 4.79 Å². The minimum Gasteiger partial charge on any atom is -0.490 e. The molecule has 3 aliphatic carbocycles. The minimum absolute atomic E-state index is 0.00880. The van der Waals surface area contributed by atoms with Gasteiger partial charge in [0.15, 0.2) is 5.72 Å². The fraction of sp³-hybridized carbons (Fsp3) is 0.656. The van der Waals surface area contributed by atoms with Crippen molar-refractivity contribution in [2.75, 3.05) is 0 Å². The van der Waals surface area contributed by atoms with Crippen molar-refractivity contribution in [2.24, 2.45) is 46.3 Å². The Morgan fingerprint density at radius 3 is 2.47 bits per heavy atom. The molecule has 4 aliphatic heterocycles. The normalized spacial score (nSPS) is 52.5. The van der Waals surface area contributed by atoms with Crippen LogP contribution < -0.4 is 10.1 Å². The van der Waals surface area contributed by atoms with Crippen molar-refractivity contribution in [2.45, 2.75) is 84.5 Å². The highest BCUT2D eigenvalue weighted by Gasteiger charge is 2.74. The summed E-state index contributed by atoms with van der Waals surface area (Å²) in [5.74, 6) is -0.419. The summed E-state index contributed by atoms with van der Waals surface area (Å²) in [6.07, 6.45) is 5.84. The summed E-state index contributed by atoms with van der Waals surface area (Å²) in [4.78, 5) is 13.5. The van der Waals surface area contributed by atoms with Gasteiger partial charge in [0.2, 0.25) is 5.79 Å². The van der Waals surface area contributed by atoms with Crippen molar-refractivity contribution < 1.29 is 24.5 Å². The Morgan fingerprint density at radius 1 is 1.05 bits per heavy atom. The van der Waals surface area contributed by atoms with E-state index < -0.39 is 28.8 Å². The lowest BCUT2D eigenvalue weighted by atomic mass is 9.53. The molecule has 6 nitrogen and oxygen atoms in total. The Balaban J connectivity index is 1.51. The van der Waals surface area contributed by atoms with E-state index in [4.69, 9.17) is 9.47 Å². The van der Waals surface area contributed by atoms with Crippen LogP contribution in [0.5, 0.6) is 5.75 Å². The highest BCUT2D eigenvalue weighted by molar-refractivity contribution is 5.98. The summed E-state index contributed by atoms with van der Waals surface area (Å²) in [6, 6.07) is 7.91. The smallest absolute Gasteiger partial charge is 0.254 e. The molecule has 204 valence electrons. The van der Waals surface area contributed by atoms with Crippen molar-refractivity contribution in [3.8, 4) is 5.75 Å². The monoisotopic (exact) mass is 519 g/mol. The van der Waals surface area contributed by atoms with E-state index in [9.17, 15) is 15.0 Å². The van der Waals surface area contributed by atoms with Crippen LogP contribution in [0.2, 0.25) is 0 Å². The quantitative estimate of drug-likeness (QED) is 0.444. The number of nitrogens with one attached hydrogen (secondary N) is 1. The summed E-state index contributed by atoms with van der Waals surface area (Å²) in [5, 5.41) is 26.8. The van der Waals surface area contributed by atoms with E-state index >= 15 is 0 Å².